The number of amides is 1. The number of hydrogen-bond acceptors (Lipinski definition) is 3. The fourth-order valence-corrected chi connectivity index (χ4v) is 3.65. The number of sulfonamides is 1. The molecule has 1 fully saturated rings. The van der Waals surface area contributed by atoms with Crippen LogP contribution in [0.1, 0.15) is 32.1 Å². The predicted octanol–water partition coefficient (Wildman–Crippen LogP) is 0.883. The number of allylic oxidation sites excluding steroid dienone is 2. The van der Waals surface area contributed by atoms with Crippen molar-refractivity contribution in [1.29, 1.82) is 0 Å². The Morgan fingerprint density at radius 3 is 2.74 bits per heavy atom. The number of hydrogen-bond donors (Lipinski definition) is 1. The molecule has 1 aliphatic heterocycles. The number of likely N-dealkylation sites (tertiary alicyclic amines) is 1. The van der Waals surface area contributed by atoms with Crippen LogP contribution in [0.2, 0.25) is 0 Å². The van der Waals surface area contributed by atoms with E-state index >= 15 is 0 Å². The lowest BCUT2D eigenvalue weighted by Crippen LogP contribution is -2.50. The number of rotatable bonds is 3. The van der Waals surface area contributed by atoms with E-state index < -0.39 is 10.0 Å². The van der Waals surface area contributed by atoms with Gasteiger partial charge in [-0.2, -0.15) is 0 Å². The second-order valence-corrected chi connectivity index (χ2v) is 7.27. The maximum atomic E-state index is 12.4. The molecule has 19 heavy (non-hydrogen) atoms. The molecule has 1 N–H and O–H groups in total. The highest BCUT2D eigenvalue weighted by atomic mass is 32.2. The molecular formula is C13H22N2O3S. The van der Waals surface area contributed by atoms with E-state index in [9.17, 15) is 13.2 Å². The van der Waals surface area contributed by atoms with Crippen LogP contribution in [0.15, 0.2) is 12.2 Å². The van der Waals surface area contributed by atoms with Crippen LogP contribution >= 0.6 is 0 Å². The van der Waals surface area contributed by atoms with E-state index in [-0.39, 0.29) is 17.9 Å². The Bertz CT molecular complexity index is 459. The molecular weight excluding hydrogens is 264 g/mol. The van der Waals surface area contributed by atoms with Crippen LogP contribution in [0.3, 0.4) is 0 Å². The first-order valence-electron chi connectivity index (χ1n) is 6.87. The SMILES string of the molecule is CS(=O)(=O)N[C@@H]1CCCN(C(=O)[C@@H]2CC=CCC2)C1. The molecule has 0 spiro atoms. The van der Waals surface area contributed by atoms with Crippen molar-refractivity contribution in [3.63, 3.8) is 0 Å². The Morgan fingerprint density at radius 2 is 2.11 bits per heavy atom. The Labute approximate surface area is 115 Å². The second kappa shape index (κ2) is 6.05. The first-order valence-corrected chi connectivity index (χ1v) is 8.76. The normalized spacial score (nSPS) is 28.4. The molecule has 5 nitrogen and oxygen atoms in total. The van der Waals surface area contributed by atoms with Crippen molar-refractivity contribution in [1.82, 2.24) is 9.62 Å². The van der Waals surface area contributed by atoms with E-state index in [4.69, 9.17) is 0 Å². The zero-order chi connectivity index (χ0) is 13.9. The molecule has 1 amide bonds. The van der Waals surface area contributed by atoms with Gasteiger partial charge in [-0.3, -0.25) is 4.79 Å². The van der Waals surface area contributed by atoms with Crippen molar-refractivity contribution in [2.75, 3.05) is 19.3 Å². The summed E-state index contributed by atoms with van der Waals surface area (Å²) >= 11 is 0. The van der Waals surface area contributed by atoms with Gasteiger partial charge in [0.25, 0.3) is 0 Å². The van der Waals surface area contributed by atoms with Crippen LogP contribution in [-0.4, -0.2) is 44.6 Å². The minimum atomic E-state index is -3.20. The van der Waals surface area contributed by atoms with Crippen molar-refractivity contribution in [3.05, 3.63) is 12.2 Å². The van der Waals surface area contributed by atoms with Gasteiger partial charge in [-0.25, -0.2) is 13.1 Å². The van der Waals surface area contributed by atoms with Crippen molar-refractivity contribution >= 4 is 15.9 Å². The summed E-state index contributed by atoms with van der Waals surface area (Å²) in [4.78, 5) is 14.2. The Kier molecular flexibility index (Phi) is 4.62. The summed E-state index contributed by atoms with van der Waals surface area (Å²) in [5, 5.41) is 0. The van der Waals surface area contributed by atoms with Crippen LogP contribution < -0.4 is 4.72 Å². The number of nitrogens with zero attached hydrogens (tertiary/aromatic N) is 1. The quantitative estimate of drug-likeness (QED) is 0.783. The molecule has 0 aromatic heterocycles. The third-order valence-corrected chi connectivity index (χ3v) is 4.49. The Morgan fingerprint density at radius 1 is 1.32 bits per heavy atom. The summed E-state index contributed by atoms with van der Waals surface area (Å²) in [6.45, 7) is 1.26. The van der Waals surface area contributed by atoms with Crippen LogP contribution in [0.4, 0.5) is 0 Å². The molecule has 1 saturated heterocycles. The third kappa shape index (κ3) is 4.31. The molecule has 2 atom stereocenters. The fraction of sp³-hybridized carbons (Fsp3) is 0.769. The molecule has 6 heteroatoms. The van der Waals surface area contributed by atoms with Crippen LogP contribution in [0.25, 0.3) is 0 Å². The van der Waals surface area contributed by atoms with Crippen molar-refractivity contribution in [3.8, 4) is 0 Å². The van der Waals surface area contributed by atoms with Gasteiger partial charge >= 0.3 is 0 Å². The number of nitrogens with one attached hydrogen (secondary N) is 1. The van der Waals surface area contributed by atoms with E-state index in [2.05, 4.69) is 16.9 Å². The van der Waals surface area contributed by atoms with Gasteiger partial charge in [-0.05, 0) is 32.1 Å². The van der Waals surface area contributed by atoms with Gasteiger partial charge in [-0.15, -0.1) is 0 Å². The summed E-state index contributed by atoms with van der Waals surface area (Å²) in [7, 11) is -3.20. The molecule has 0 aromatic rings. The number of piperidine rings is 1. The predicted molar refractivity (Wildman–Crippen MR) is 74.1 cm³/mol. The van der Waals surface area contributed by atoms with Gasteiger partial charge in [0, 0.05) is 25.0 Å². The molecule has 0 saturated carbocycles. The maximum Gasteiger partial charge on any atom is 0.226 e. The van der Waals surface area contributed by atoms with Gasteiger partial charge in [-0.1, -0.05) is 12.2 Å². The number of carbonyl (C=O) groups excluding carboxylic acids is 1. The summed E-state index contributed by atoms with van der Waals surface area (Å²) in [6.07, 6.45) is 9.73. The topological polar surface area (TPSA) is 66.5 Å². The number of carbonyl (C=O) groups is 1. The van der Waals surface area contributed by atoms with Crippen LogP contribution in [0.5, 0.6) is 0 Å². The van der Waals surface area contributed by atoms with Crippen molar-refractivity contribution in [2.45, 2.75) is 38.1 Å². The average Bonchev–Trinajstić information content (AvgIpc) is 2.37. The van der Waals surface area contributed by atoms with E-state index in [1.807, 2.05) is 4.90 Å². The zero-order valence-corrected chi connectivity index (χ0v) is 12.2. The van der Waals surface area contributed by atoms with Crippen molar-refractivity contribution < 1.29 is 13.2 Å². The minimum absolute atomic E-state index is 0.0852. The van der Waals surface area contributed by atoms with Crippen LogP contribution in [-0.2, 0) is 14.8 Å². The lowest BCUT2D eigenvalue weighted by Gasteiger charge is -2.35. The highest BCUT2D eigenvalue weighted by Crippen LogP contribution is 2.22. The molecule has 1 aliphatic carbocycles. The monoisotopic (exact) mass is 286 g/mol. The highest BCUT2D eigenvalue weighted by molar-refractivity contribution is 7.88. The molecule has 2 aliphatic rings. The molecule has 0 unspecified atom stereocenters. The van der Waals surface area contributed by atoms with E-state index in [1.165, 1.54) is 6.26 Å². The lowest BCUT2D eigenvalue weighted by atomic mass is 9.92. The fourth-order valence-electron chi connectivity index (χ4n) is 2.85. The van der Waals surface area contributed by atoms with Crippen LogP contribution in [0, 0.1) is 5.92 Å². The highest BCUT2D eigenvalue weighted by Gasteiger charge is 2.29. The molecule has 2 rings (SSSR count). The summed E-state index contributed by atoms with van der Waals surface area (Å²) in [5.74, 6) is 0.270. The van der Waals surface area contributed by atoms with E-state index in [0.29, 0.717) is 6.54 Å². The Hall–Kier alpha value is -0.880. The molecule has 0 bridgehead atoms. The first kappa shape index (κ1) is 14.5. The standard InChI is InChI=1S/C13H22N2O3S/c1-19(17,18)14-12-8-5-9-15(10-12)13(16)11-6-3-2-4-7-11/h2-3,11-12,14H,4-10H2,1H3/t11-,12-/m1/s1. The molecule has 1 heterocycles. The largest absolute Gasteiger partial charge is 0.341 e. The van der Waals surface area contributed by atoms with Gasteiger partial charge in [0.2, 0.25) is 15.9 Å². The van der Waals surface area contributed by atoms with Gasteiger partial charge in [0.05, 0.1) is 6.26 Å². The second-order valence-electron chi connectivity index (χ2n) is 5.49. The first-order chi connectivity index (χ1) is 8.96. The third-order valence-electron chi connectivity index (χ3n) is 3.73. The smallest absolute Gasteiger partial charge is 0.226 e. The lowest BCUT2D eigenvalue weighted by molar-refractivity contribution is -0.137. The maximum absolute atomic E-state index is 12.4. The Balaban J connectivity index is 1.93. The molecule has 108 valence electrons. The summed E-state index contributed by atoms with van der Waals surface area (Å²) in [6, 6.07) is -0.133. The average molecular weight is 286 g/mol. The van der Waals surface area contributed by atoms with Gasteiger partial charge in [0.1, 0.15) is 0 Å². The molecule has 0 aromatic carbocycles. The van der Waals surface area contributed by atoms with Gasteiger partial charge < -0.3 is 4.90 Å². The minimum Gasteiger partial charge on any atom is -0.341 e. The molecule has 0 radical (unpaired) electrons. The van der Waals surface area contributed by atoms with Gasteiger partial charge in [0.15, 0.2) is 0 Å². The van der Waals surface area contributed by atoms with Crippen molar-refractivity contribution in [2.24, 2.45) is 5.92 Å². The zero-order valence-electron chi connectivity index (χ0n) is 11.3. The van der Waals surface area contributed by atoms with E-state index in [1.54, 1.807) is 0 Å². The summed E-state index contributed by atoms with van der Waals surface area (Å²) < 4.78 is 25.1. The van der Waals surface area contributed by atoms with E-state index in [0.717, 1.165) is 38.6 Å². The summed E-state index contributed by atoms with van der Waals surface area (Å²) in [5.41, 5.74) is 0.